The Morgan fingerprint density at radius 2 is 1.91 bits per heavy atom. The Labute approximate surface area is 207 Å². The largest absolute Gasteiger partial charge is 0.497 e. The number of ether oxygens (including phenoxy) is 2. The topological polar surface area (TPSA) is 54.8 Å². The third-order valence-electron chi connectivity index (χ3n) is 6.99. The number of aromatic nitrogens is 1. The Kier molecular flexibility index (Phi) is 9.08. The van der Waals surface area contributed by atoms with Gasteiger partial charge < -0.3 is 19.5 Å². The first-order chi connectivity index (χ1) is 16.7. The summed E-state index contributed by atoms with van der Waals surface area (Å²) in [6.07, 6.45) is 6.39. The van der Waals surface area contributed by atoms with Gasteiger partial charge in [-0.2, -0.15) is 0 Å². The van der Waals surface area contributed by atoms with Gasteiger partial charge in [-0.1, -0.05) is 6.07 Å². The molecule has 1 aliphatic rings. The van der Waals surface area contributed by atoms with Crippen molar-refractivity contribution in [1.29, 1.82) is 0 Å². The van der Waals surface area contributed by atoms with Gasteiger partial charge in [-0.3, -0.25) is 4.98 Å². The standard InChI is InChI=1S/C28H36N2O3S/c1-32-24-7-4-8-26(17-24)34-16-15-30-14-12-21(23(19-30)20-31)5-3-6-22-11-13-29-28-10-9-25(33-2)18-27(22)28/h4,7-11,13,17-18,21,23,31H,3,5-6,12,14-16,19-20H2,1-2H3/t21-,23-/m1/s1. The molecule has 1 N–H and O–H groups in total. The van der Waals surface area contributed by atoms with Crippen LogP contribution in [0.25, 0.3) is 10.9 Å². The molecule has 3 aromatic rings. The number of hydrogen-bond acceptors (Lipinski definition) is 6. The normalized spacial score (nSPS) is 18.8. The highest BCUT2D eigenvalue weighted by Crippen LogP contribution is 2.30. The first-order valence-corrected chi connectivity index (χ1v) is 13.2. The minimum absolute atomic E-state index is 0.277. The van der Waals surface area contributed by atoms with E-state index in [0.717, 1.165) is 61.7 Å². The van der Waals surface area contributed by atoms with Crippen LogP contribution < -0.4 is 9.47 Å². The Balaban J connectivity index is 1.25. The maximum atomic E-state index is 10.1. The lowest BCUT2D eigenvalue weighted by molar-refractivity contribution is 0.0710. The molecule has 182 valence electrons. The second-order valence-corrected chi connectivity index (χ2v) is 10.2. The van der Waals surface area contributed by atoms with E-state index in [1.165, 1.54) is 22.3 Å². The highest BCUT2D eigenvalue weighted by molar-refractivity contribution is 7.99. The molecule has 34 heavy (non-hydrogen) atoms. The number of thioether (sulfide) groups is 1. The number of likely N-dealkylation sites (tertiary alicyclic amines) is 1. The third kappa shape index (κ3) is 6.44. The van der Waals surface area contributed by atoms with Gasteiger partial charge in [0.2, 0.25) is 0 Å². The molecule has 0 aliphatic carbocycles. The minimum Gasteiger partial charge on any atom is -0.497 e. The van der Waals surface area contributed by atoms with Gasteiger partial charge in [0.1, 0.15) is 11.5 Å². The van der Waals surface area contributed by atoms with E-state index in [4.69, 9.17) is 9.47 Å². The summed E-state index contributed by atoms with van der Waals surface area (Å²) >= 11 is 1.87. The van der Waals surface area contributed by atoms with E-state index in [0.29, 0.717) is 11.8 Å². The molecule has 6 heteroatoms. The van der Waals surface area contributed by atoms with Crippen molar-refractivity contribution < 1.29 is 14.6 Å². The van der Waals surface area contributed by atoms with Gasteiger partial charge in [-0.15, -0.1) is 11.8 Å². The number of nitrogens with zero attached hydrogens (tertiary/aromatic N) is 2. The average Bonchev–Trinajstić information content (AvgIpc) is 2.89. The van der Waals surface area contributed by atoms with Gasteiger partial charge in [0.15, 0.2) is 0 Å². The molecule has 1 saturated heterocycles. The molecule has 1 fully saturated rings. The second-order valence-electron chi connectivity index (χ2n) is 9.06. The molecule has 0 bridgehead atoms. The quantitative estimate of drug-likeness (QED) is 0.376. The van der Waals surface area contributed by atoms with Crippen molar-refractivity contribution in [3.05, 3.63) is 60.3 Å². The minimum atomic E-state index is 0.277. The molecule has 2 heterocycles. The molecular weight excluding hydrogens is 444 g/mol. The Morgan fingerprint density at radius 3 is 2.74 bits per heavy atom. The van der Waals surface area contributed by atoms with Crippen LogP contribution in [-0.4, -0.2) is 61.2 Å². The first kappa shape index (κ1) is 24.8. The lowest BCUT2D eigenvalue weighted by Gasteiger charge is -2.38. The maximum Gasteiger partial charge on any atom is 0.119 e. The Morgan fingerprint density at radius 1 is 1.06 bits per heavy atom. The van der Waals surface area contributed by atoms with Crippen LogP contribution in [0.5, 0.6) is 11.5 Å². The fourth-order valence-corrected chi connectivity index (χ4v) is 5.97. The zero-order valence-electron chi connectivity index (χ0n) is 20.3. The van der Waals surface area contributed by atoms with Crippen molar-refractivity contribution in [2.75, 3.05) is 46.2 Å². The molecule has 1 aromatic heterocycles. The molecule has 4 rings (SSSR count). The van der Waals surface area contributed by atoms with Crippen LogP contribution in [0.1, 0.15) is 24.8 Å². The zero-order valence-corrected chi connectivity index (χ0v) is 21.1. The third-order valence-corrected chi connectivity index (χ3v) is 7.96. The Hall–Kier alpha value is -2.28. The molecule has 0 amide bonds. The molecule has 0 radical (unpaired) electrons. The highest BCUT2D eigenvalue weighted by Gasteiger charge is 2.28. The van der Waals surface area contributed by atoms with E-state index in [1.54, 1.807) is 14.2 Å². The van der Waals surface area contributed by atoms with Gasteiger partial charge in [0.25, 0.3) is 0 Å². The van der Waals surface area contributed by atoms with E-state index >= 15 is 0 Å². The number of fused-ring (bicyclic) bond motifs is 1. The predicted octanol–water partition coefficient (Wildman–Crippen LogP) is 5.30. The second kappa shape index (κ2) is 12.4. The zero-order chi connectivity index (χ0) is 23.8. The number of hydrogen-bond donors (Lipinski definition) is 1. The van der Waals surface area contributed by atoms with Crippen LogP contribution in [0.2, 0.25) is 0 Å². The number of benzene rings is 2. The Bertz CT molecular complexity index is 1060. The summed E-state index contributed by atoms with van der Waals surface area (Å²) < 4.78 is 10.7. The lowest BCUT2D eigenvalue weighted by atomic mass is 9.82. The SMILES string of the molecule is COc1cccc(SCCN2CC[C@@H](CCCc3ccnc4ccc(OC)cc34)[C@@H](CO)C2)c1. The monoisotopic (exact) mass is 480 g/mol. The summed E-state index contributed by atoms with van der Waals surface area (Å²) in [4.78, 5) is 8.26. The molecule has 2 atom stereocenters. The van der Waals surface area contributed by atoms with Gasteiger partial charge in [-0.25, -0.2) is 0 Å². The molecule has 1 aliphatic heterocycles. The molecule has 2 aromatic carbocycles. The van der Waals surface area contributed by atoms with E-state index < -0.39 is 0 Å². The molecule has 0 unspecified atom stereocenters. The van der Waals surface area contributed by atoms with E-state index in [1.807, 2.05) is 42.2 Å². The average molecular weight is 481 g/mol. The van der Waals surface area contributed by atoms with Gasteiger partial charge in [0, 0.05) is 41.9 Å². The first-order valence-electron chi connectivity index (χ1n) is 12.2. The van der Waals surface area contributed by atoms with Crippen LogP contribution in [0.4, 0.5) is 0 Å². The van der Waals surface area contributed by atoms with Crippen molar-refractivity contribution in [2.24, 2.45) is 11.8 Å². The highest BCUT2D eigenvalue weighted by atomic mass is 32.2. The fourth-order valence-electron chi connectivity index (χ4n) is 5.01. The van der Waals surface area contributed by atoms with Crippen LogP contribution in [0.15, 0.2) is 59.6 Å². The van der Waals surface area contributed by atoms with Crippen molar-refractivity contribution in [2.45, 2.75) is 30.6 Å². The predicted molar refractivity (Wildman–Crippen MR) is 140 cm³/mol. The number of methoxy groups -OCH3 is 2. The van der Waals surface area contributed by atoms with Gasteiger partial charge in [-0.05, 0) is 92.1 Å². The van der Waals surface area contributed by atoms with Crippen LogP contribution in [-0.2, 0) is 6.42 Å². The number of aliphatic hydroxyl groups is 1. The van der Waals surface area contributed by atoms with Crippen LogP contribution in [0, 0.1) is 11.8 Å². The lowest BCUT2D eigenvalue weighted by Crippen LogP contribution is -2.42. The number of piperidine rings is 1. The summed E-state index contributed by atoms with van der Waals surface area (Å²) in [5.74, 6) is 3.79. The molecule has 5 nitrogen and oxygen atoms in total. The summed E-state index contributed by atoms with van der Waals surface area (Å²) in [5.41, 5.74) is 2.35. The summed E-state index contributed by atoms with van der Waals surface area (Å²) in [5, 5.41) is 11.3. The maximum absolute atomic E-state index is 10.1. The summed E-state index contributed by atoms with van der Waals surface area (Å²) in [6.45, 7) is 3.44. The van der Waals surface area contributed by atoms with E-state index in [2.05, 4.69) is 34.1 Å². The molecule has 0 saturated carbocycles. The van der Waals surface area contributed by atoms with Crippen molar-refractivity contribution in [1.82, 2.24) is 9.88 Å². The summed E-state index contributed by atoms with van der Waals surface area (Å²) in [6, 6.07) is 16.5. The number of aliphatic hydroxyl groups excluding tert-OH is 1. The van der Waals surface area contributed by atoms with Crippen molar-refractivity contribution >= 4 is 22.7 Å². The number of rotatable bonds is 11. The van der Waals surface area contributed by atoms with E-state index in [-0.39, 0.29) is 6.61 Å². The fraction of sp³-hybridized carbons (Fsp3) is 0.464. The molecular formula is C28H36N2O3S. The van der Waals surface area contributed by atoms with Gasteiger partial charge >= 0.3 is 0 Å². The van der Waals surface area contributed by atoms with Crippen LogP contribution in [0.3, 0.4) is 0 Å². The van der Waals surface area contributed by atoms with Crippen molar-refractivity contribution in [3.63, 3.8) is 0 Å². The number of aryl methyl sites for hydroxylation is 1. The van der Waals surface area contributed by atoms with Gasteiger partial charge in [0.05, 0.1) is 19.7 Å². The van der Waals surface area contributed by atoms with Crippen LogP contribution >= 0.6 is 11.8 Å². The number of pyridine rings is 1. The summed E-state index contributed by atoms with van der Waals surface area (Å²) in [7, 11) is 3.41. The van der Waals surface area contributed by atoms with Crippen molar-refractivity contribution in [3.8, 4) is 11.5 Å². The van der Waals surface area contributed by atoms with E-state index in [9.17, 15) is 5.11 Å². The molecule has 0 spiro atoms. The smallest absolute Gasteiger partial charge is 0.119 e.